The van der Waals surface area contributed by atoms with Gasteiger partial charge in [0.1, 0.15) is 6.04 Å². The third-order valence-electron chi connectivity index (χ3n) is 6.06. The van der Waals surface area contributed by atoms with Gasteiger partial charge in [-0.1, -0.05) is 62.1 Å². The topological polar surface area (TPSA) is 91.3 Å². The molecule has 1 atom stereocenters. The molecule has 0 saturated carbocycles. The molecule has 32 heavy (non-hydrogen) atoms. The second-order valence-corrected chi connectivity index (χ2v) is 8.63. The molecule has 1 aliphatic carbocycles. The number of carbonyl (C=O) groups is 2. The second kappa shape index (κ2) is 12.8. The first-order chi connectivity index (χ1) is 15.6. The van der Waals surface area contributed by atoms with E-state index in [0.29, 0.717) is 13.0 Å². The first kappa shape index (κ1) is 23.8. The lowest BCUT2D eigenvalue weighted by Crippen LogP contribution is -2.45. The molecule has 3 rings (SSSR count). The molecule has 1 aromatic heterocycles. The summed E-state index contributed by atoms with van der Waals surface area (Å²) in [5.74, 6) is -0.988. The largest absolute Gasteiger partial charge is 0.480 e. The molecule has 6 heteroatoms. The number of aromatic nitrogens is 1. The number of carbonyl (C=O) groups excluding carboxylic acids is 1. The van der Waals surface area contributed by atoms with E-state index in [1.54, 1.807) is 0 Å². The summed E-state index contributed by atoms with van der Waals surface area (Å²) in [5, 5.41) is 14.7. The number of nitrogens with one attached hydrogen (secondary N) is 2. The Morgan fingerprint density at radius 3 is 2.50 bits per heavy atom. The zero-order valence-electron chi connectivity index (χ0n) is 18.8. The number of aryl methyl sites for hydroxylation is 3. The molecule has 0 radical (unpaired) electrons. The number of nitrogens with zero attached hydrogens (tertiary/aromatic N) is 1. The van der Waals surface area contributed by atoms with Gasteiger partial charge in [-0.05, 0) is 62.1 Å². The number of amides is 2. The van der Waals surface area contributed by atoms with Crippen molar-refractivity contribution >= 4 is 12.0 Å². The molecular formula is C26H35N3O3. The van der Waals surface area contributed by atoms with Gasteiger partial charge in [-0.2, -0.15) is 0 Å². The van der Waals surface area contributed by atoms with Crippen molar-refractivity contribution in [3.63, 3.8) is 0 Å². The highest BCUT2D eigenvalue weighted by Gasteiger charge is 2.19. The minimum Gasteiger partial charge on any atom is -0.480 e. The van der Waals surface area contributed by atoms with E-state index in [1.807, 2.05) is 30.3 Å². The standard InChI is InChI=1S/C26H35N3O3/c30-25(31)24(29-26(32)27-19-20-11-5-4-6-12-20)16-8-3-1-2-7-14-22-18-17-21-13-9-10-15-23(21)28-22/h4-6,11-12,17-18,24H,1-3,7-10,13-16,19H2,(H,30,31)(H2,27,29,32)/t24-/m0/s1. The molecule has 0 saturated heterocycles. The Balaban J connectivity index is 1.27. The smallest absolute Gasteiger partial charge is 0.326 e. The van der Waals surface area contributed by atoms with Crippen molar-refractivity contribution in [1.82, 2.24) is 15.6 Å². The second-order valence-electron chi connectivity index (χ2n) is 8.63. The van der Waals surface area contributed by atoms with Crippen LogP contribution >= 0.6 is 0 Å². The first-order valence-corrected chi connectivity index (χ1v) is 11.9. The van der Waals surface area contributed by atoms with E-state index in [2.05, 4.69) is 22.8 Å². The maximum atomic E-state index is 12.0. The fraction of sp³-hybridized carbons (Fsp3) is 0.500. The van der Waals surface area contributed by atoms with E-state index in [4.69, 9.17) is 4.98 Å². The van der Waals surface area contributed by atoms with Gasteiger partial charge >= 0.3 is 12.0 Å². The summed E-state index contributed by atoms with van der Waals surface area (Å²) in [5.41, 5.74) is 4.89. The zero-order valence-corrected chi connectivity index (χ0v) is 18.8. The van der Waals surface area contributed by atoms with Crippen LogP contribution in [-0.4, -0.2) is 28.1 Å². The molecule has 2 amide bonds. The fourth-order valence-electron chi connectivity index (χ4n) is 4.20. The van der Waals surface area contributed by atoms with Crippen LogP contribution in [0.2, 0.25) is 0 Å². The van der Waals surface area contributed by atoms with Gasteiger partial charge < -0.3 is 15.7 Å². The van der Waals surface area contributed by atoms with Gasteiger partial charge in [0.05, 0.1) is 0 Å². The van der Waals surface area contributed by atoms with Crippen LogP contribution in [0.5, 0.6) is 0 Å². The van der Waals surface area contributed by atoms with Crippen LogP contribution in [0.15, 0.2) is 42.5 Å². The Morgan fingerprint density at radius 2 is 1.69 bits per heavy atom. The van der Waals surface area contributed by atoms with Crippen LogP contribution in [0.1, 0.15) is 73.9 Å². The minimum absolute atomic E-state index is 0.373. The first-order valence-electron chi connectivity index (χ1n) is 11.9. The van der Waals surface area contributed by atoms with Crippen molar-refractivity contribution in [1.29, 1.82) is 0 Å². The number of hydrogen-bond donors (Lipinski definition) is 3. The lowest BCUT2D eigenvalue weighted by Gasteiger charge is -2.15. The average molecular weight is 438 g/mol. The van der Waals surface area contributed by atoms with E-state index >= 15 is 0 Å². The Kier molecular flexibility index (Phi) is 9.54. The predicted molar refractivity (Wildman–Crippen MR) is 126 cm³/mol. The molecule has 3 N–H and O–H groups in total. The molecule has 1 heterocycles. The highest BCUT2D eigenvalue weighted by molar-refractivity contribution is 5.82. The monoisotopic (exact) mass is 437 g/mol. The van der Waals surface area contributed by atoms with Crippen molar-refractivity contribution in [2.75, 3.05) is 0 Å². The number of urea groups is 1. The van der Waals surface area contributed by atoms with Crippen LogP contribution in [-0.2, 0) is 30.6 Å². The van der Waals surface area contributed by atoms with Gasteiger partial charge in [0.25, 0.3) is 0 Å². The van der Waals surface area contributed by atoms with E-state index in [-0.39, 0.29) is 0 Å². The Labute approximate surface area is 190 Å². The average Bonchev–Trinajstić information content (AvgIpc) is 2.81. The number of aliphatic carboxylic acids is 1. The Bertz CT molecular complexity index is 870. The van der Waals surface area contributed by atoms with E-state index in [9.17, 15) is 14.7 Å². The van der Waals surface area contributed by atoms with Gasteiger partial charge in [-0.25, -0.2) is 9.59 Å². The highest BCUT2D eigenvalue weighted by Crippen LogP contribution is 2.20. The van der Waals surface area contributed by atoms with Crippen LogP contribution in [0.4, 0.5) is 4.79 Å². The van der Waals surface area contributed by atoms with Gasteiger partial charge in [0.2, 0.25) is 0 Å². The van der Waals surface area contributed by atoms with Crippen molar-refractivity contribution in [2.24, 2.45) is 0 Å². The molecular weight excluding hydrogens is 402 g/mol. The van der Waals surface area contributed by atoms with Crippen LogP contribution in [0.3, 0.4) is 0 Å². The number of unbranched alkanes of at least 4 members (excludes halogenated alkanes) is 4. The maximum absolute atomic E-state index is 12.0. The maximum Gasteiger partial charge on any atom is 0.326 e. The molecule has 6 nitrogen and oxygen atoms in total. The number of fused-ring (bicyclic) bond motifs is 1. The summed E-state index contributed by atoms with van der Waals surface area (Å²) in [4.78, 5) is 28.4. The van der Waals surface area contributed by atoms with Crippen LogP contribution in [0, 0.1) is 0 Å². The molecule has 0 aliphatic heterocycles. The number of pyridine rings is 1. The fourth-order valence-corrected chi connectivity index (χ4v) is 4.20. The molecule has 2 aromatic rings. The highest BCUT2D eigenvalue weighted by atomic mass is 16.4. The number of benzene rings is 1. The van der Waals surface area contributed by atoms with Gasteiger partial charge in [0.15, 0.2) is 0 Å². The van der Waals surface area contributed by atoms with E-state index in [1.165, 1.54) is 36.2 Å². The molecule has 172 valence electrons. The van der Waals surface area contributed by atoms with Crippen molar-refractivity contribution < 1.29 is 14.7 Å². The Hall–Kier alpha value is -2.89. The predicted octanol–water partition coefficient (Wildman–Crippen LogP) is 4.80. The van der Waals surface area contributed by atoms with Crippen LogP contribution in [0.25, 0.3) is 0 Å². The van der Waals surface area contributed by atoms with Crippen molar-refractivity contribution in [2.45, 2.75) is 83.2 Å². The summed E-state index contributed by atoms with van der Waals surface area (Å²) in [7, 11) is 0. The number of hydrogen-bond acceptors (Lipinski definition) is 3. The number of rotatable bonds is 12. The third kappa shape index (κ3) is 7.98. The Morgan fingerprint density at radius 1 is 0.938 bits per heavy atom. The normalized spacial score (nSPS) is 13.8. The SMILES string of the molecule is O=C(NCc1ccccc1)N[C@@H](CCCCCCCc1ccc2c(n1)CCCC2)C(=O)O. The van der Waals surface area contributed by atoms with Crippen molar-refractivity contribution in [3.8, 4) is 0 Å². The molecule has 0 spiro atoms. The molecule has 1 aromatic carbocycles. The van der Waals surface area contributed by atoms with Gasteiger partial charge in [-0.3, -0.25) is 4.98 Å². The lowest BCUT2D eigenvalue weighted by atomic mass is 9.95. The van der Waals surface area contributed by atoms with E-state index < -0.39 is 18.0 Å². The summed E-state index contributed by atoms with van der Waals surface area (Å²) >= 11 is 0. The lowest BCUT2D eigenvalue weighted by molar-refractivity contribution is -0.139. The quantitative estimate of drug-likeness (QED) is 0.416. The summed E-state index contributed by atoms with van der Waals surface area (Å²) in [6, 6.07) is 12.7. The number of carboxylic acids is 1. The van der Waals surface area contributed by atoms with Crippen LogP contribution < -0.4 is 10.6 Å². The zero-order chi connectivity index (χ0) is 22.6. The summed E-state index contributed by atoms with van der Waals surface area (Å²) in [6.45, 7) is 0.373. The summed E-state index contributed by atoms with van der Waals surface area (Å²) < 4.78 is 0. The molecule has 0 bridgehead atoms. The van der Waals surface area contributed by atoms with Gasteiger partial charge in [-0.15, -0.1) is 0 Å². The molecule has 1 aliphatic rings. The minimum atomic E-state index is -0.988. The van der Waals surface area contributed by atoms with Gasteiger partial charge in [0, 0.05) is 17.9 Å². The number of carboxylic acid groups (broad SMARTS) is 1. The molecule has 0 unspecified atom stereocenters. The summed E-state index contributed by atoms with van der Waals surface area (Å²) in [6.07, 6.45) is 11.3. The third-order valence-corrected chi connectivity index (χ3v) is 6.06. The van der Waals surface area contributed by atoms with E-state index in [0.717, 1.165) is 50.5 Å². The van der Waals surface area contributed by atoms with Crippen molar-refractivity contribution in [3.05, 3.63) is 65.0 Å². The molecule has 0 fully saturated rings.